The highest BCUT2D eigenvalue weighted by Crippen LogP contribution is 2.25. The topological polar surface area (TPSA) is 70.2 Å². The quantitative estimate of drug-likeness (QED) is 0.594. The fourth-order valence-electron chi connectivity index (χ4n) is 1.59. The summed E-state index contributed by atoms with van der Waals surface area (Å²) >= 11 is 3.08. The predicted octanol–water partition coefficient (Wildman–Crippen LogP) is 2.89. The van der Waals surface area contributed by atoms with Crippen LogP contribution in [0.1, 0.15) is 34.6 Å². The SMILES string of the molecule is CCN(CC)CCSc1nnc(NC(=O)NC(C)(C)C)s1. The third-order valence-electron chi connectivity index (χ3n) is 2.64. The molecule has 0 aliphatic rings. The van der Waals surface area contributed by atoms with Crippen molar-refractivity contribution in [2.24, 2.45) is 0 Å². The highest BCUT2D eigenvalue weighted by Gasteiger charge is 2.15. The van der Waals surface area contributed by atoms with E-state index < -0.39 is 0 Å². The molecule has 0 bridgehead atoms. The molecule has 8 heteroatoms. The first-order valence-corrected chi connectivity index (χ1v) is 8.92. The number of nitrogens with one attached hydrogen (secondary N) is 2. The van der Waals surface area contributed by atoms with Gasteiger partial charge >= 0.3 is 6.03 Å². The lowest BCUT2D eigenvalue weighted by Gasteiger charge is -2.19. The first kappa shape index (κ1) is 18.2. The number of hydrogen-bond acceptors (Lipinski definition) is 6. The van der Waals surface area contributed by atoms with E-state index in [0.717, 1.165) is 29.7 Å². The Hall–Kier alpha value is -0.860. The Morgan fingerprint density at radius 1 is 1.29 bits per heavy atom. The van der Waals surface area contributed by atoms with E-state index in [1.54, 1.807) is 11.8 Å². The van der Waals surface area contributed by atoms with E-state index in [0.29, 0.717) is 5.13 Å². The van der Waals surface area contributed by atoms with Crippen LogP contribution in [0.3, 0.4) is 0 Å². The van der Waals surface area contributed by atoms with E-state index in [9.17, 15) is 4.79 Å². The van der Waals surface area contributed by atoms with Gasteiger partial charge in [-0.25, -0.2) is 4.79 Å². The molecule has 0 aromatic carbocycles. The molecule has 0 aliphatic heterocycles. The highest BCUT2D eigenvalue weighted by molar-refractivity contribution is 8.01. The van der Waals surface area contributed by atoms with Gasteiger partial charge in [-0.05, 0) is 33.9 Å². The molecule has 0 fully saturated rings. The molecule has 1 rings (SSSR count). The third kappa shape index (κ3) is 7.63. The number of amides is 2. The average molecular weight is 332 g/mol. The van der Waals surface area contributed by atoms with Crippen molar-refractivity contribution in [1.82, 2.24) is 20.4 Å². The Kier molecular flexibility index (Phi) is 7.41. The van der Waals surface area contributed by atoms with E-state index in [4.69, 9.17) is 0 Å². The highest BCUT2D eigenvalue weighted by atomic mass is 32.2. The molecule has 0 spiro atoms. The van der Waals surface area contributed by atoms with Crippen LogP contribution in [-0.4, -0.2) is 52.1 Å². The van der Waals surface area contributed by atoms with E-state index >= 15 is 0 Å². The monoisotopic (exact) mass is 331 g/mol. The van der Waals surface area contributed by atoms with E-state index in [1.807, 2.05) is 20.8 Å². The summed E-state index contributed by atoms with van der Waals surface area (Å²) in [5.41, 5.74) is -0.268. The van der Waals surface area contributed by atoms with Gasteiger partial charge in [0.1, 0.15) is 0 Å². The van der Waals surface area contributed by atoms with Crippen molar-refractivity contribution >= 4 is 34.3 Å². The summed E-state index contributed by atoms with van der Waals surface area (Å²) in [5, 5.41) is 14.1. The van der Waals surface area contributed by atoms with Gasteiger partial charge in [-0.1, -0.05) is 36.9 Å². The number of hydrogen-bond donors (Lipinski definition) is 2. The summed E-state index contributed by atoms with van der Waals surface area (Å²) in [6, 6.07) is -0.252. The van der Waals surface area contributed by atoms with E-state index in [2.05, 4.69) is 39.6 Å². The summed E-state index contributed by atoms with van der Waals surface area (Å²) in [4.78, 5) is 14.1. The molecular formula is C13H25N5OS2. The first-order valence-electron chi connectivity index (χ1n) is 7.12. The van der Waals surface area contributed by atoms with Gasteiger partial charge < -0.3 is 10.2 Å². The van der Waals surface area contributed by atoms with Crippen molar-refractivity contribution in [3.05, 3.63) is 0 Å². The summed E-state index contributed by atoms with van der Waals surface area (Å²) in [6.07, 6.45) is 0. The number of thioether (sulfide) groups is 1. The maximum atomic E-state index is 11.7. The molecule has 0 unspecified atom stereocenters. The first-order chi connectivity index (χ1) is 9.84. The van der Waals surface area contributed by atoms with Crippen molar-refractivity contribution in [2.75, 3.05) is 30.7 Å². The van der Waals surface area contributed by atoms with Crippen LogP contribution < -0.4 is 10.6 Å². The zero-order chi connectivity index (χ0) is 15.9. The second kappa shape index (κ2) is 8.55. The molecule has 0 saturated carbocycles. The van der Waals surface area contributed by atoms with Crippen molar-refractivity contribution in [3.63, 3.8) is 0 Å². The van der Waals surface area contributed by atoms with Gasteiger partial charge in [-0.15, -0.1) is 10.2 Å². The number of aromatic nitrogens is 2. The van der Waals surface area contributed by atoms with Gasteiger partial charge in [0.15, 0.2) is 4.34 Å². The number of urea groups is 1. The number of nitrogens with zero attached hydrogens (tertiary/aromatic N) is 3. The lowest BCUT2D eigenvalue weighted by Crippen LogP contribution is -2.43. The van der Waals surface area contributed by atoms with Gasteiger partial charge in [-0.3, -0.25) is 5.32 Å². The predicted molar refractivity (Wildman–Crippen MR) is 90.3 cm³/mol. The zero-order valence-corrected chi connectivity index (χ0v) is 15.0. The lowest BCUT2D eigenvalue weighted by atomic mass is 10.1. The Balaban J connectivity index is 2.38. The van der Waals surface area contributed by atoms with Crippen LogP contribution in [0.5, 0.6) is 0 Å². The standard InChI is InChI=1S/C13H25N5OS2/c1-6-18(7-2)8-9-20-12-17-16-11(21-12)14-10(19)15-13(3,4)5/h6-9H2,1-5H3,(H2,14,15,16,19). The fourth-order valence-corrected chi connectivity index (χ4v) is 3.41. The normalized spacial score (nSPS) is 11.7. The van der Waals surface area contributed by atoms with Crippen LogP contribution in [0.4, 0.5) is 9.93 Å². The number of carbonyl (C=O) groups is 1. The summed E-state index contributed by atoms with van der Waals surface area (Å²) in [6.45, 7) is 13.3. The fraction of sp³-hybridized carbons (Fsp3) is 0.769. The Morgan fingerprint density at radius 3 is 2.52 bits per heavy atom. The molecular weight excluding hydrogens is 306 g/mol. The van der Waals surface area contributed by atoms with Crippen molar-refractivity contribution < 1.29 is 4.79 Å². The summed E-state index contributed by atoms with van der Waals surface area (Å²) in [7, 11) is 0. The minimum Gasteiger partial charge on any atom is -0.333 e. The van der Waals surface area contributed by atoms with Crippen molar-refractivity contribution in [2.45, 2.75) is 44.5 Å². The Bertz CT molecular complexity index is 440. The van der Waals surface area contributed by atoms with Crippen LogP contribution in [0, 0.1) is 0 Å². The van der Waals surface area contributed by atoms with Gasteiger partial charge in [0.2, 0.25) is 5.13 Å². The maximum Gasteiger partial charge on any atom is 0.321 e. The van der Waals surface area contributed by atoms with Crippen molar-refractivity contribution in [1.29, 1.82) is 0 Å². The molecule has 2 N–H and O–H groups in total. The minimum absolute atomic E-state index is 0.252. The zero-order valence-electron chi connectivity index (χ0n) is 13.4. The molecule has 2 amide bonds. The van der Waals surface area contributed by atoms with E-state index in [-0.39, 0.29) is 11.6 Å². The largest absolute Gasteiger partial charge is 0.333 e. The Morgan fingerprint density at radius 2 is 1.95 bits per heavy atom. The molecule has 21 heavy (non-hydrogen) atoms. The summed E-state index contributed by atoms with van der Waals surface area (Å²) in [5.74, 6) is 0.977. The number of carbonyl (C=O) groups excluding carboxylic acids is 1. The van der Waals surface area contributed by atoms with Crippen LogP contribution in [0.25, 0.3) is 0 Å². The third-order valence-corrected chi connectivity index (χ3v) is 4.60. The molecule has 0 radical (unpaired) electrons. The van der Waals surface area contributed by atoms with Gasteiger partial charge in [0.25, 0.3) is 0 Å². The lowest BCUT2D eigenvalue weighted by molar-refractivity contribution is 0.244. The molecule has 0 saturated heterocycles. The second-order valence-corrected chi connectivity index (χ2v) is 7.90. The second-order valence-electron chi connectivity index (χ2n) is 5.58. The Labute approximate surface area is 135 Å². The molecule has 120 valence electrons. The van der Waals surface area contributed by atoms with Crippen molar-refractivity contribution in [3.8, 4) is 0 Å². The smallest absolute Gasteiger partial charge is 0.321 e. The molecule has 1 aromatic rings. The molecule has 0 aliphatic carbocycles. The molecule has 0 atom stereocenters. The van der Waals surface area contributed by atoms with Crippen LogP contribution in [-0.2, 0) is 0 Å². The van der Waals surface area contributed by atoms with Crippen LogP contribution in [0.15, 0.2) is 4.34 Å². The molecule has 6 nitrogen and oxygen atoms in total. The molecule has 1 heterocycles. The summed E-state index contributed by atoms with van der Waals surface area (Å²) < 4.78 is 0.883. The molecule has 1 aromatic heterocycles. The van der Waals surface area contributed by atoms with Gasteiger partial charge in [0.05, 0.1) is 0 Å². The average Bonchev–Trinajstić information content (AvgIpc) is 2.79. The number of rotatable bonds is 7. The van der Waals surface area contributed by atoms with Crippen LogP contribution in [0.2, 0.25) is 0 Å². The maximum absolute atomic E-state index is 11.7. The van der Waals surface area contributed by atoms with E-state index in [1.165, 1.54) is 11.3 Å². The minimum atomic E-state index is -0.268. The van der Waals surface area contributed by atoms with Gasteiger partial charge in [-0.2, -0.15) is 0 Å². The van der Waals surface area contributed by atoms with Gasteiger partial charge in [0, 0.05) is 17.8 Å². The number of anilines is 1. The van der Waals surface area contributed by atoms with Crippen LogP contribution >= 0.6 is 23.1 Å².